The van der Waals surface area contributed by atoms with Crippen LogP contribution in [-0.4, -0.2) is 46.1 Å². The second kappa shape index (κ2) is 9.57. The van der Waals surface area contributed by atoms with E-state index in [1.54, 1.807) is 17.5 Å². The molecule has 29 heavy (non-hydrogen) atoms. The number of likely N-dealkylation sites (tertiary alicyclic amines) is 1. The van der Waals surface area contributed by atoms with Crippen molar-refractivity contribution in [2.75, 3.05) is 19.6 Å². The van der Waals surface area contributed by atoms with Crippen LogP contribution in [-0.2, 0) is 24.2 Å². The Labute approximate surface area is 176 Å². The number of nitrogens with one attached hydrogen (secondary N) is 1. The van der Waals surface area contributed by atoms with E-state index in [4.69, 9.17) is 0 Å². The van der Waals surface area contributed by atoms with E-state index in [0.29, 0.717) is 6.54 Å². The summed E-state index contributed by atoms with van der Waals surface area (Å²) in [6.45, 7) is 3.24. The molecular formula is C22H30N4O2S. The average molecular weight is 415 g/mol. The fourth-order valence-corrected chi connectivity index (χ4v) is 5.49. The predicted molar refractivity (Wildman–Crippen MR) is 114 cm³/mol. The summed E-state index contributed by atoms with van der Waals surface area (Å²) in [6.07, 6.45) is 11.8. The molecule has 7 heteroatoms. The molecule has 0 aromatic carbocycles. The van der Waals surface area contributed by atoms with Gasteiger partial charge in [-0.1, -0.05) is 12.8 Å². The number of carbonyl (C=O) groups excluding carboxylic acids is 2. The third-order valence-electron chi connectivity index (χ3n) is 5.98. The molecule has 0 unspecified atom stereocenters. The molecule has 0 saturated carbocycles. The number of hydrogen-bond donors (Lipinski definition) is 1. The van der Waals surface area contributed by atoms with E-state index in [1.165, 1.54) is 23.3 Å². The highest BCUT2D eigenvalue weighted by atomic mass is 32.1. The van der Waals surface area contributed by atoms with E-state index in [0.717, 1.165) is 63.0 Å². The molecule has 1 aliphatic carbocycles. The first-order valence-electron chi connectivity index (χ1n) is 10.9. The molecule has 2 aromatic rings. The minimum absolute atomic E-state index is 0.0166. The fourth-order valence-electron chi connectivity index (χ4n) is 4.31. The molecule has 1 saturated heterocycles. The third kappa shape index (κ3) is 5.07. The summed E-state index contributed by atoms with van der Waals surface area (Å²) >= 11 is 1.64. The first kappa shape index (κ1) is 20.1. The zero-order valence-electron chi connectivity index (χ0n) is 16.9. The van der Waals surface area contributed by atoms with Crippen LogP contribution in [0.25, 0.3) is 0 Å². The lowest BCUT2D eigenvalue weighted by atomic mass is 9.87. The van der Waals surface area contributed by atoms with Crippen LogP contribution in [0.3, 0.4) is 0 Å². The normalized spacial score (nSPS) is 19.4. The minimum atomic E-state index is 0.0166. The summed E-state index contributed by atoms with van der Waals surface area (Å²) in [7, 11) is 0. The summed E-state index contributed by atoms with van der Waals surface area (Å²) < 4.78 is 1.88. The second-order valence-electron chi connectivity index (χ2n) is 8.12. The Morgan fingerprint density at radius 3 is 2.79 bits per heavy atom. The van der Waals surface area contributed by atoms with Gasteiger partial charge in [-0.15, -0.1) is 11.3 Å². The smallest absolute Gasteiger partial charge is 0.263 e. The van der Waals surface area contributed by atoms with Gasteiger partial charge < -0.3 is 10.2 Å². The van der Waals surface area contributed by atoms with E-state index in [-0.39, 0.29) is 17.7 Å². The predicted octanol–water partition coefficient (Wildman–Crippen LogP) is 3.27. The SMILES string of the molecule is O=C(NCCCn1cccn1)[C@@H]1CCc2sc(C(=O)N3CCCCCC3)cc2C1. The number of aromatic nitrogens is 2. The van der Waals surface area contributed by atoms with Crippen molar-refractivity contribution in [1.82, 2.24) is 20.0 Å². The summed E-state index contributed by atoms with van der Waals surface area (Å²) in [6, 6.07) is 3.97. The molecule has 2 aliphatic rings. The number of amides is 2. The van der Waals surface area contributed by atoms with Crippen molar-refractivity contribution in [2.45, 2.75) is 57.9 Å². The highest BCUT2D eigenvalue weighted by Gasteiger charge is 2.28. The molecular weight excluding hydrogens is 384 g/mol. The van der Waals surface area contributed by atoms with Gasteiger partial charge in [0.25, 0.3) is 5.91 Å². The maximum absolute atomic E-state index is 12.9. The second-order valence-corrected chi connectivity index (χ2v) is 9.26. The number of hydrogen-bond acceptors (Lipinski definition) is 4. The molecule has 3 heterocycles. The molecule has 0 bridgehead atoms. The van der Waals surface area contributed by atoms with Crippen molar-refractivity contribution in [3.63, 3.8) is 0 Å². The maximum Gasteiger partial charge on any atom is 0.263 e. The maximum atomic E-state index is 12.9. The number of carbonyl (C=O) groups is 2. The monoisotopic (exact) mass is 414 g/mol. The molecule has 0 spiro atoms. The fraction of sp³-hybridized carbons (Fsp3) is 0.591. The molecule has 2 amide bonds. The van der Waals surface area contributed by atoms with Crippen molar-refractivity contribution in [3.8, 4) is 0 Å². The Bertz CT molecular complexity index is 822. The van der Waals surface area contributed by atoms with Crippen molar-refractivity contribution in [2.24, 2.45) is 5.92 Å². The number of rotatable bonds is 6. The Morgan fingerprint density at radius 1 is 1.21 bits per heavy atom. The van der Waals surface area contributed by atoms with Crippen LogP contribution >= 0.6 is 11.3 Å². The quantitative estimate of drug-likeness (QED) is 0.738. The number of aryl methyl sites for hydroxylation is 2. The molecule has 1 N–H and O–H groups in total. The van der Waals surface area contributed by atoms with Crippen LogP contribution < -0.4 is 5.32 Å². The molecule has 1 fully saturated rings. The van der Waals surface area contributed by atoms with E-state index in [2.05, 4.69) is 16.5 Å². The molecule has 2 aromatic heterocycles. The van der Waals surface area contributed by atoms with Crippen LogP contribution in [0.1, 0.15) is 58.6 Å². The van der Waals surface area contributed by atoms with Gasteiger partial charge in [-0.2, -0.15) is 5.10 Å². The highest BCUT2D eigenvalue weighted by Crippen LogP contribution is 2.33. The number of thiophene rings is 1. The lowest BCUT2D eigenvalue weighted by molar-refractivity contribution is -0.125. The minimum Gasteiger partial charge on any atom is -0.356 e. The number of fused-ring (bicyclic) bond motifs is 1. The zero-order valence-corrected chi connectivity index (χ0v) is 17.8. The van der Waals surface area contributed by atoms with Gasteiger partial charge in [-0.05, 0) is 56.2 Å². The standard InChI is InChI=1S/C22H30N4O2S/c27-21(23-9-5-13-26-14-6-10-24-26)17-7-8-19-18(15-17)16-20(29-19)22(28)25-11-3-1-2-4-12-25/h6,10,14,16-17H,1-5,7-9,11-13,15H2,(H,23,27)/t17-/m1/s1. The Morgan fingerprint density at radius 2 is 2.03 bits per heavy atom. The summed E-state index contributed by atoms with van der Waals surface area (Å²) in [5, 5.41) is 7.26. The van der Waals surface area contributed by atoms with Gasteiger partial charge in [0.05, 0.1) is 4.88 Å². The van der Waals surface area contributed by atoms with Gasteiger partial charge in [-0.3, -0.25) is 14.3 Å². The van der Waals surface area contributed by atoms with Crippen LogP contribution in [0, 0.1) is 5.92 Å². The summed E-state index contributed by atoms with van der Waals surface area (Å²) in [5.41, 5.74) is 1.20. The molecule has 1 aliphatic heterocycles. The van der Waals surface area contributed by atoms with Gasteiger partial charge in [-0.25, -0.2) is 0 Å². The molecule has 6 nitrogen and oxygen atoms in total. The van der Waals surface area contributed by atoms with E-state index in [1.807, 2.05) is 21.8 Å². The van der Waals surface area contributed by atoms with Gasteiger partial charge in [0.2, 0.25) is 5.91 Å². The van der Waals surface area contributed by atoms with Crippen molar-refractivity contribution >= 4 is 23.2 Å². The topological polar surface area (TPSA) is 67.2 Å². The van der Waals surface area contributed by atoms with Crippen molar-refractivity contribution in [1.29, 1.82) is 0 Å². The number of nitrogens with zero attached hydrogens (tertiary/aromatic N) is 3. The third-order valence-corrected chi connectivity index (χ3v) is 7.21. The Hall–Kier alpha value is -2.15. The first-order chi connectivity index (χ1) is 14.2. The van der Waals surface area contributed by atoms with Crippen molar-refractivity contribution in [3.05, 3.63) is 39.8 Å². The van der Waals surface area contributed by atoms with E-state index >= 15 is 0 Å². The van der Waals surface area contributed by atoms with Crippen LogP contribution in [0.4, 0.5) is 0 Å². The Kier molecular flexibility index (Phi) is 6.64. The zero-order chi connectivity index (χ0) is 20.1. The average Bonchev–Trinajstić information content (AvgIpc) is 3.33. The largest absolute Gasteiger partial charge is 0.356 e. The van der Waals surface area contributed by atoms with Gasteiger partial charge in [0.1, 0.15) is 0 Å². The lowest BCUT2D eigenvalue weighted by Gasteiger charge is -2.21. The van der Waals surface area contributed by atoms with Crippen molar-refractivity contribution < 1.29 is 9.59 Å². The Balaban J connectivity index is 1.29. The van der Waals surface area contributed by atoms with E-state index < -0.39 is 0 Å². The molecule has 4 rings (SSSR count). The lowest BCUT2D eigenvalue weighted by Crippen LogP contribution is -2.34. The van der Waals surface area contributed by atoms with Gasteiger partial charge in [0.15, 0.2) is 0 Å². The van der Waals surface area contributed by atoms with Gasteiger partial charge >= 0.3 is 0 Å². The van der Waals surface area contributed by atoms with Crippen LogP contribution in [0.15, 0.2) is 24.5 Å². The molecule has 0 radical (unpaired) electrons. The van der Waals surface area contributed by atoms with Crippen LogP contribution in [0.2, 0.25) is 0 Å². The van der Waals surface area contributed by atoms with Crippen LogP contribution in [0.5, 0.6) is 0 Å². The van der Waals surface area contributed by atoms with Gasteiger partial charge in [0, 0.05) is 49.4 Å². The molecule has 156 valence electrons. The summed E-state index contributed by atoms with van der Waals surface area (Å²) in [5.74, 6) is 0.344. The first-order valence-corrected chi connectivity index (χ1v) is 11.7. The highest BCUT2D eigenvalue weighted by molar-refractivity contribution is 7.14. The van der Waals surface area contributed by atoms with E-state index in [9.17, 15) is 9.59 Å². The molecule has 1 atom stereocenters. The summed E-state index contributed by atoms with van der Waals surface area (Å²) in [4.78, 5) is 29.7.